The highest BCUT2D eigenvalue weighted by molar-refractivity contribution is 5.85. The molecule has 0 aromatic carbocycles. The molecule has 2 bridgehead atoms. The van der Waals surface area contributed by atoms with Crippen LogP contribution in [0, 0.1) is 0 Å². The van der Waals surface area contributed by atoms with Gasteiger partial charge in [0.15, 0.2) is 5.78 Å². The van der Waals surface area contributed by atoms with Gasteiger partial charge in [-0.3, -0.25) is 4.79 Å². The van der Waals surface area contributed by atoms with Gasteiger partial charge in [-0.15, -0.1) is 0 Å². The van der Waals surface area contributed by atoms with E-state index in [2.05, 4.69) is 0 Å². The van der Waals surface area contributed by atoms with E-state index in [0.717, 1.165) is 0 Å². The minimum absolute atomic E-state index is 0.0686. The van der Waals surface area contributed by atoms with Crippen molar-refractivity contribution in [3.8, 4) is 0 Å². The maximum absolute atomic E-state index is 10.9. The Hall–Kier alpha value is -0.670. The van der Waals surface area contributed by atoms with Crippen molar-refractivity contribution < 1.29 is 14.6 Å². The van der Waals surface area contributed by atoms with Gasteiger partial charge in [0.2, 0.25) is 0 Å². The van der Waals surface area contributed by atoms with Crippen molar-refractivity contribution >= 4 is 5.78 Å². The van der Waals surface area contributed by atoms with Gasteiger partial charge in [0.1, 0.15) is 12.2 Å². The molecule has 3 heteroatoms. The van der Waals surface area contributed by atoms with Crippen LogP contribution in [-0.2, 0) is 9.53 Å². The second-order valence-electron chi connectivity index (χ2n) is 2.64. The van der Waals surface area contributed by atoms with Crippen molar-refractivity contribution in [2.45, 2.75) is 24.7 Å². The Labute approximate surface area is 58.3 Å². The first-order valence-corrected chi connectivity index (χ1v) is 3.32. The van der Waals surface area contributed by atoms with Gasteiger partial charge < -0.3 is 9.84 Å². The topological polar surface area (TPSA) is 46.5 Å². The summed E-state index contributed by atoms with van der Waals surface area (Å²) in [5.41, 5.74) is 0. The van der Waals surface area contributed by atoms with Gasteiger partial charge in [-0.2, -0.15) is 0 Å². The lowest BCUT2D eigenvalue weighted by Crippen LogP contribution is -2.40. The third-order valence-corrected chi connectivity index (χ3v) is 1.89. The molecule has 0 radical (unpaired) electrons. The molecule has 0 aliphatic carbocycles. The average Bonchev–Trinajstić information content (AvgIpc) is 2.29. The van der Waals surface area contributed by atoms with E-state index in [1.807, 2.05) is 6.08 Å². The zero-order valence-electron chi connectivity index (χ0n) is 5.36. The molecule has 10 heavy (non-hydrogen) atoms. The third-order valence-electron chi connectivity index (χ3n) is 1.89. The maximum Gasteiger partial charge on any atom is 0.167 e. The predicted molar refractivity (Wildman–Crippen MR) is 33.4 cm³/mol. The first-order valence-electron chi connectivity index (χ1n) is 3.32. The van der Waals surface area contributed by atoms with Crippen LogP contribution in [0.25, 0.3) is 0 Å². The molecular formula is C7H8O3. The van der Waals surface area contributed by atoms with E-state index >= 15 is 0 Å². The lowest BCUT2D eigenvalue weighted by molar-refractivity contribution is -0.144. The van der Waals surface area contributed by atoms with E-state index in [0.29, 0.717) is 6.42 Å². The number of hydrogen-bond acceptors (Lipinski definition) is 3. The number of aliphatic hydroxyl groups is 1. The van der Waals surface area contributed by atoms with Crippen molar-refractivity contribution in [1.82, 2.24) is 0 Å². The monoisotopic (exact) mass is 140 g/mol. The Balaban J connectivity index is 2.23. The van der Waals surface area contributed by atoms with Crippen LogP contribution in [0.2, 0.25) is 0 Å². The molecular weight excluding hydrogens is 132 g/mol. The summed E-state index contributed by atoms with van der Waals surface area (Å²) < 4.78 is 5.20. The highest BCUT2D eigenvalue weighted by Crippen LogP contribution is 2.24. The summed E-state index contributed by atoms with van der Waals surface area (Å²) in [5, 5.41) is 9.14. The average molecular weight is 140 g/mol. The molecule has 3 nitrogen and oxygen atoms in total. The summed E-state index contributed by atoms with van der Waals surface area (Å²) in [6.07, 6.45) is 2.55. The quantitative estimate of drug-likeness (QED) is 0.467. The fourth-order valence-corrected chi connectivity index (χ4v) is 1.32. The Morgan fingerprint density at radius 1 is 1.60 bits per heavy atom. The van der Waals surface area contributed by atoms with Gasteiger partial charge in [-0.1, -0.05) is 12.2 Å². The molecule has 0 saturated carbocycles. The van der Waals surface area contributed by atoms with Crippen molar-refractivity contribution in [2.75, 3.05) is 0 Å². The molecule has 0 spiro atoms. The van der Waals surface area contributed by atoms with Crippen LogP contribution in [0.3, 0.4) is 0 Å². The van der Waals surface area contributed by atoms with Crippen molar-refractivity contribution in [1.29, 1.82) is 0 Å². The van der Waals surface area contributed by atoms with Crippen LogP contribution < -0.4 is 0 Å². The predicted octanol–water partition coefficient (Wildman–Crippen LogP) is -0.356. The first-order chi connectivity index (χ1) is 4.77. The van der Waals surface area contributed by atoms with Gasteiger partial charge in [0.05, 0.1) is 6.10 Å². The molecule has 0 aromatic heterocycles. The standard InChI is InChI=1S/C7H8O3/c8-5-3-4-1-2-6(10-4)7(5)9/h1-2,4,6-7,9H,3H2/t4-,6+,7+/m0/s1. The molecule has 2 aliphatic heterocycles. The summed E-state index contributed by atoms with van der Waals surface area (Å²) >= 11 is 0. The van der Waals surface area contributed by atoms with E-state index < -0.39 is 6.10 Å². The normalized spacial score (nSPS) is 44.5. The number of hydrogen-bond donors (Lipinski definition) is 1. The number of fused-ring (bicyclic) bond motifs is 2. The van der Waals surface area contributed by atoms with Crippen LogP contribution in [-0.4, -0.2) is 29.2 Å². The Kier molecular flexibility index (Phi) is 1.16. The molecule has 0 amide bonds. The SMILES string of the molecule is O=C1C[C@@H]2C=C[C@@H](O2)[C@@H]1O. The fourth-order valence-electron chi connectivity index (χ4n) is 1.32. The smallest absolute Gasteiger partial charge is 0.167 e. The van der Waals surface area contributed by atoms with Gasteiger partial charge >= 0.3 is 0 Å². The molecule has 2 rings (SSSR count). The Bertz CT molecular complexity index is 197. The molecule has 1 N–H and O–H groups in total. The number of carbonyl (C=O) groups excluding carboxylic acids is 1. The van der Waals surface area contributed by atoms with E-state index in [9.17, 15) is 4.79 Å². The summed E-state index contributed by atoms with van der Waals surface area (Å²) in [5.74, 6) is -0.105. The lowest BCUT2D eigenvalue weighted by atomic mass is 10.1. The number of Topliss-reactive ketones (excluding diaryl/α,β-unsaturated/α-hetero) is 1. The van der Waals surface area contributed by atoms with Crippen LogP contribution in [0.1, 0.15) is 6.42 Å². The zero-order chi connectivity index (χ0) is 7.14. The molecule has 54 valence electrons. The number of ketones is 1. The highest BCUT2D eigenvalue weighted by atomic mass is 16.5. The Morgan fingerprint density at radius 3 is 3.20 bits per heavy atom. The molecule has 1 saturated heterocycles. The van der Waals surface area contributed by atoms with Crippen LogP contribution in [0.15, 0.2) is 12.2 Å². The van der Waals surface area contributed by atoms with Crippen molar-refractivity contribution in [3.63, 3.8) is 0 Å². The van der Waals surface area contributed by atoms with Crippen molar-refractivity contribution in [3.05, 3.63) is 12.2 Å². The zero-order valence-corrected chi connectivity index (χ0v) is 5.36. The van der Waals surface area contributed by atoms with Crippen LogP contribution in [0.5, 0.6) is 0 Å². The summed E-state index contributed by atoms with van der Waals surface area (Å²) in [4.78, 5) is 10.9. The minimum atomic E-state index is -0.921. The van der Waals surface area contributed by atoms with E-state index in [1.165, 1.54) is 0 Å². The minimum Gasteiger partial charge on any atom is -0.382 e. The maximum atomic E-state index is 10.9. The first kappa shape index (κ1) is 6.07. The van der Waals surface area contributed by atoms with Gasteiger partial charge in [0.25, 0.3) is 0 Å². The number of rotatable bonds is 0. The van der Waals surface area contributed by atoms with Gasteiger partial charge in [-0.05, 0) is 0 Å². The number of carbonyl (C=O) groups is 1. The summed E-state index contributed by atoms with van der Waals surface area (Å²) in [7, 11) is 0. The van der Waals surface area contributed by atoms with Crippen molar-refractivity contribution in [2.24, 2.45) is 0 Å². The van der Waals surface area contributed by atoms with E-state index in [4.69, 9.17) is 9.84 Å². The number of ether oxygens (including phenoxy) is 1. The van der Waals surface area contributed by atoms with Gasteiger partial charge in [0, 0.05) is 6.42 Å². The summed E-state index contributed by atoms with van der Waals surface area (Å²) in [6, 6.07) is 0. The summed E-state index contributed by atoms with van der Waals surface area (Å²) in [6.45, 7) is 0. The second-order valence-corrected chi connectivity index (χ2v) is 2.64. The molecule has 0 aromatic rings. The third kappa shape index (κ3) is 0.711. The van der Waals surface area contributed by atoms with E-state index in [1.54, 1.807) is 6.08 Å². The van der Waals surface area contributed by atoms with Crippen LogP contribution in [0.4, 0.5) is 0 Å². The van der Waals surface area contributed by atoms with Gasteiger partial charge in [-0.25, -0.2) is 0 Å². The second kappa shape index (κ2) is 1.90. The molecule has 2 heterocycles. The fraction of sp³-hybridized carbons (Fsp3) is 0.571. The lowest BCUT2D eigenvalue weighted by Gasteiger charge is -2.23. The molecule has 1 fully saturated rings. The largest absolute Gasteiger partial charge is 0.382 e. The number of aliphatic hydroxyl groups excluding tert-OH is 1. The molecule has 3 atom stereocenters. The Morgan fingerprint density at radius 2 is 2.40 bits per heavy atom. The van der Waals surface area contributed by atoms with E-state index in [-0.39, 0.29) is 18.0 Å². The molecule has 2 aliphatic rings. The molecule has 0 unspecified atom stereocenters. The van der Waals surface area contributed by atoms with Crippen LogP contribution >= 0.6 is 0 Å². The highest BCUT2D eigenvalue weighted by Gasteiger charge is 2.37.